The third kappa shape index (κ3) is 2.65. The predicted molar refractivity (Wildman–Crippen MR) is 75.7 cm³/mol. The van der Waals surface area contributed by atoms with Crippen molar-refractivity contribution in [3.8, 4) is 6.07 Å². The van der Waals surface area contributed by atoms with E-state index < -0.39 is 0 Å². The van der Waals surface area contributed by atoms with Gasteiger partial charge in [0.05, 0.1) is 17.7 Å². The first-order valence-corrected chi connectivity index (χ1v) is 6.78. The molecule has 1 saturated carbocycles. The highest BCUT2D eigenvalue weighted by molar-refractivity contribution is 5.32. The van der Waals surface area contributed by atoms with Gasteiger partial charge in [0, 0.05) is 24.6 Å². The molecule has 0 aliphatic heterocycles. The van der Waals surface area contributed by atoms with Gasteiger partial charge in [0.15, 0.2) is 0 Å². The molecule has 1 aliphatic rings. The van der Waals surface area contributed by atoms with Gasteiger partial charge in [0.1, 0.15) is 0 Å². The SMILES string of the molecule is COC1CC(NC(C)c2ccc(C#N)cc2)C1(C)C. The first-order valence-electron chi connectivity index (χ1n) is 6.78. The van der Waals surface area contributed by atoms with Crippen LogP contribution in [0.2, 0.25) is 0 Å². The fourth-order valence-corrected chi connectivity index (χ4v) is 2.81. The average molecular weight is 258 g/mol. The average Bonchev–Trinajstić information content (AvgIpc) is 2.42. The van der Waals surface area contributed by atoms with E-state index in [1.54, 1.807) is 7.11 Å². The molecule has 19 heavy (non-hydrogen) atoms. The Morgan fingerprint density at radius 2 is 2.00 bits per heavy atom. The molecule has 1 N–H and O–H groups in total. The topological polar surface area (TPSA) is 45.0 Å². The molecule has 0 bridgehead atoms. The van der Waals surface area contributed by atoms with E-state index in [1.807, 2.05) is 24.3 Å². The number of nitriles is 1. The summed E-state index contributed by atoms with van der Waals surface area (Å²) in [5, 5.41) is 12.5. The summed E-state index contributed by atoms with van der Waals surface area (Å²) in [6, 6.07) is 10.7. The molecule has 1 aromatic carbocycles. The standard InChI is InChI=1S/C16H22N2O/c1-11(13-7-5-12(10-17)6-8-13)18-14-9-15(19-4)16(14,2)3/h5-8,11,14-15,18H,9H2,1-4H3. The highest BCUT2D eigenvalue weighted by atomic mass is 16.5. The molecule has 0 heterocycles. The smallest absolute Gasteiger partial charge is 0.0991 e. The Balaban J connectivity index is 1.98. The Hall–Kier alpha value is -1.37. The van der Waals surface area contributed by atoms with E-state index in [1.165, 1.54) is 5.56 Å². The van der Waals surface area contributed by atoms with Crippen LogP contribution >= 0.6 is 0 Å². The molecule has 3 atom stereocenters. The zero-order valence-corrected chi connectivity index (χ0v) is 12.1. The van der Waals surface area contributed by atoms with Crippen molar-refractivity contribution >= 4 is 0 Å². The third-order valence-corrected chi connectivity index (χ3v) is 4.45. The van der Waals surface area contributed by atoms with Crippen LogP contribution in [0, 0.1) is 16.7 Å². The number of nitrogens with one attached hydrogen (secondary N) is 1. The molecule has 2 rings (SSSR count). The van der Waals surface area contributed by atoms with Gasteiger partial charge in [0.2, 0.25) is 0 Å². The number of nitrogens with zero attached hydrogens (tertiary/aromatic N) is 1. The molecule has 1 aliphatic carbocycles. The Morgan fingerprint density at radius 3 is 2.47 bits per heavy atom. The molecule has 0 saturated heterocycles. The van der Waals surface area contributed by atoms with Crippen molar-refractivity contribution in [3.05, 3.63) is 35.4 Å². The van der Waals surface area contributed by atoms with Gasteiger partial charge in [-0.3, -0.25) is 0 Å². The predicted octanol–water partition coefficient (Wildman–Crippen LogP) is 3.02. The van der Waals surface area contributed by atoms with Crippen LogP contribution in [-0.2, 0) is 4.74 Å². The van der Waals surface area contributed by atoms with Crippen molar-refractivity contribution in [2.24, 2.45) is 5.41 Å². The molecule has 0 amide bonds. The van der Waals surface area contributed by atoms with E-state index in [4.69, 9.17) is 10.00 Å². The Morgan fingerprint density at radius 1 is 1.37 bits per heavy atom. The highest BCUT2D eigenvalue weighted by Gasteiger charge is 2.48. The molecular formula is C16H22N2O. The van der Waals surface area contributed by atoms with Gasteiger partial charge in [-0.1, -0.05) is 26.0 Å². The van der Waals surface area contributed by atoms with E-state index >= 15 is 0 Å². The maximum atomic E-state index is 8.81. The third-order valence-electron chi connectivity index (χ3n) is 4.45. The van der Waals surface area contributed by atoms with Crippen molar-refractivity contribution in [2.45, 2.75) is 45.4 Å². The van der Waals surface area contributed by atoms with Gasteiger partial charge in [-0.15, -0.1) is 0 Å². The summed E-state index contributed by atoms with van der Waals surface area (Å²) in [6.45, 7) is 6.65. The van der Waals surface area contributed by atoms with E-state index in [9.17, 15) is 0 Å². The molecule has 0 radical (unpaired) electrons. The van der Waals surface area contributed by atoms with Crippen LogP contribution in [0.3, 0.4) is 0 Å². The van der Waals surface area contributed by atoms with Crippen LogP contribution in [0.15, 0.2) is 24.3 Å². The van der Waals surface area contributed by atoms with Crippen LogP contribution in [0.25, 0.3) is 0 Å². The Kier molecular flexibility index (Phi) is 3.93. The number of rotatable bonds is 4. The van der Waals surface area contributed by atoms with Crippen LogP contribution in [0.4, 0.5) is 0 Å². The lowest BCUT2D eigenvalue weighted by molar-refractivity contribution is -0.0999. The Labute approximate surface area is 115 Å². The molecule has 3 nitrogen and oxygen atoms in total. The number of hydrogen-bond acceptors (Lipinski definition) is 3. The van der Waals surface area contributed by atoms with Gasteiger partial charge in [-0.2, -0.15) is 5.26 Å². The summed E-state index contributed by atoms with van der Waals surface area (Å²) in [5.74, 6) is 0. The lowest BCUT2D eigenvalue weighted by Gasteiger charge is -2.52. The minimum absolute atomic E-state index is 0.176. The largest absolute Gasteiger partial charge is 0.381 e. The fraction of sp³-hybridized carbons (Fsp3) is 0.562. The second-order valence-corrected chi connectivity index (χ2v) is 5.96. The van der Waals surface area contributed by atoms with Gasteiger partial charge < -0.3 is 10.1 Å². The van der Waals surface area contributed by atoms with E-state index in [0.29, 0.717) is 17.7 Å². The summed E-state index contributed by atoms with van der Waals surface area (Å²) >= 11 is 0. The zero-order chi connectivity index (χ0) is 14.0. The molecule has 0 spiro atoms. The summed E-state index contributed by atoms with van der Waals surface area (Å²) in [4.78, 5) is 0. The van der Waals surface area contributed by atoms with E-state index in [0.717, 1.165) is 6.42 Å². The first kappa shape index (κ1) is 14.0. The van der Waals surface area contributed by atoms with Crippen molar-refractivity contribution in [2.75, 3.05) is 7.11 Å². The van der Waals surface area contributed by atoms with Crippen molar-refractivity contribution < 1.29 is 4.74 Å². The molecule has 0 aromatic heterocycles. The monoisotopic (exact) mass is 258 g/mol. The maximum absolute atomic E-state index is 8.81. The molecular weight excluding hydrogens is 236 g/mol. The quantitative estimate of drug-likeness (QED) is 0.903. The number of ether oxygens (including phenoxy) is 1. The molecule has 3 unspecified atom stereocenters. The molecule has 1 aromatic rings. The maximum Gasteiger partial charge on any atom is 0.0991 e. The number of hydrogen-bond donors (Lipinski definition) is 1. The highest BCUT2D eigenvalue weighted by Crippen LogP contribution is 2.43. The summed E-state index contributed by atoms with van der Waals surface area (Å²) < 4.78 is 5.47. The number of methoxy groups -OCH3 is 1. The van der Waals surface area contributed by atoms with Crippen molar-refractivity contribution in [1.82, 2.24) is 5.32 Å². The van der Waals surface area contributed by atoms with Gasteiger partial charge in [-0.05, 0) is 31.0 Å². The van der Waals surface area contributed by atoms with Gasteiger partial charge in [-0.25, -0.2) is 0 Å². The minimum atomic E-state index is 0.176. The molecule has 1 fully saturated rings. The fourth-order valence-electron chi connectivity index (χ4n) is 2.81. The van der Waals surface area contributed by atoms with Crippen molar-refractivity contribution in [1.29, 1.82) is 5.26 Å². The second kappa shape index (κ2) is 5.32. The summed E-state index contributed by atoms with van der Waals surface area (Å²) in [5.41, 5.74) is 2.10. The molecule has 3 heteroatoms. The lowest BCUT2D eigenvalue weighted by Crippen LogP contribution is -2.60. The summed E-state index contributed by atoms with van der Waals surface area (Å²) in [7, 11) is 1.78. The van der Waals surface area contributed by atoms with E-state index in [-0.39, 0.29) is 11.5 Å². The van der Waals surface area contributed by atoms with Gasteiger partial charge >= 0.3 is 0 Å². The van der Waals surface area contributed by atoms with Crippen LogP contribution in [-0.4, -0.2) is 19.3 Å². The van der Waals surface area contributed by atoms with Crippen LogP contribution in [0.1, 0.15) is 44.4 Å². The Bertz CT molecular complexity index is 473. The van der Waals surface area contributed by atoms with Crippen LogP contribution < -0.4 is 5.32 Å². The van der Waals surface area contributed by atoms with Crippen molar-refractivity contribution in [3.63, 3.8) is 0 Å². The van der Waals surface area contributed by atoms with Crippen LogP contribution in [0.5, 0.6) is 0 Å². The lowest BCUT2D eigenvalue weighted by atomic mass is 9.64. The molecule has 102 valence electrons. The first-order chi connectivity index (χ1) is 8.98. The van der Waals surface area contributed by atoms with E-state index in [2.05, 4.69) is 32.2 Å². The summed E-state index contributed by atoms with van der Waals surface area (Å²) in [6.07, 6.45) is 1.41. The second-order valence-electron chi connectivity index (χ2n) is 5.96. The number of benzene rings is 1. The normalized spacial score (nSPS) is 26.3. The van der Waals surface area contributed by atoms with Gasteiger partial charge in [0.25, 0.3) is 0 Å². The minimum Gasteiger partial charge on any atom is -0.381 e. The zero-order valence-electron chi connectivity index (χ0n) is 12.1.